The van der Waals surface area contributed by atoms with Gasteiger partial charge in [0.1, 0.15) is 6.61 Å². The zero-order chi connectivity index (χ0) is 16.5. The molecular formula is C18H22N2O4. The second kappa shape index (κ2) is 6.43. The molecule has 0 radical (unpaired) electrons. The van der Waals surface area contributed by atoms with E-state index in [1.807, 2.05) is 29.2 Å². The van der Waals surface area contributed by atoms with Crippen molar-refractivity contribution in [2.75, 3.05) is 37.8 Å². The van der Waals surface area contributed by atoms with E-state index in [1.165, 1.54) is 0 Å². The summed E-state index contributed by atoms with van der Waals surface area (Å²) in [4.78, 5) is 28.1. The maximum absolute atomic E-state index is 12.9. The molecule has 0 spiro atoms. The summed E-state index contributed by atoms with van der Waals surface area (Å²) in [5, 5.41) is 0. The Hall–Kier alpha value is -2.08. The fraction of sp³-hybridized carbons (Fsp3) is 0.556. The van der Waals surface area contributed by atoms with Gasteiger partial charge in [0, 0.05) is 36.4 Å². The third kappa shape index (κ3) is 3.11. The summed E-state index contributed by atoms with van der Waals surface area (Å²) in [6.45, 7) is 3.31. The van der Waals surface area contributed by atoms with Gasteiger partial charge in [-0.05, 0) is 43.5 Å². The molecular weight excluding hydrogens is 308 g/mol. The van der Waals surface area contributed by atoms with Crippen LogP contribution in [0.1, 0.15) is 29.6 Å². The number of amides is 2. The van der Waals surface area contributed by atoms with E-state index in [0.29, 0.717) is 30.7 Å². The molecule has 6 heteroatoms. The normalized spacial score (nSPS) is 23.4. The quantitative estimate of drug-likeness (QED) is 0.831. The lowest BCUT2D eigenvalue weighted by molar-refractivity contribution is 0.0706. The molecule has 0 bridgehead atoms. The van der Waals surface area contributed by atoms with E-state index in [4.69, 9.17) is 9.47 Å². The summed E-state index contributed by atoms with van der Waals surface area (Å²) in [5.41, 5.74) is 1.45. The molecule has 1 aromatic carbocycles. The molecule has 128 valence electrons. The monoisotopic (exact) mass is 330 g/mol. The highest BCUT2D eigenvalue weighted by Gasteiger charge is 2.35. The van der Waals surface area contributed by atoms with Crippen molar-refractivity contribution in [1.82, 2.24) is 4.90 Å². The first-order valence-electron chi connectivity index (χ1n) is 8.65. The summed E-state index contributed by atoms with van der Waals surface area (Å²) in [6.07, 6.45) is 2.90. The van der Waals surface area contributed by atoms with Crippen LogP contribution in [0.3, 0.4) is 0 Å². The summed E-state index contributed by atoms with van der Waals surface area (Å²) < 4.78 is 10.4. The Kier molecular flexibility index (Phi) is 4.14. The Morgan fingerprint density at radius 2 is 1.96 bits per heavy atom. The zero-order valence-corrected chi connectivity index (χ0v) is 13.6. The first kappa shape index (κ1) is 15.4. The van der Waals surface area contributed by atoms with Gasteiger partial charge in [0.15, 0.2) is 0 Å². The highest BCUT2D eigenvalue weighted by Crippen LogP contribution is 2.31. The molecule has 2 amide bonds. The average molecular weight is 330 g/mol. The number of nitrogens with zero attached hydrogens (tertiary/aromatic N) is 2. The van der Waals surface area contributed by atoms with Gasteiger partial charge < -0.3 is 14.4 Å². The number of carbonyl (C=O) groups excluding carboxylic acids is 2. The zero-order valence-electron chi connectivity index (χ0n) is 13.6. The number of carbonyl (C=O) groups is 2. The predicted octanol–water partition coefficient (Wildman–Crippen LogP) is 2.28. The second-order valence-corrected chi connectivity index (χ2v) is 6.73. The number of benzene rings is 1. The van der Waals surface area contributed by atoms with Crippen molar-refractivity contribution in [2.24, 2.45) is 5.92 Å². The van der Waals surface area contributed by atoms with E-state index in [9.17, 15) is 9.59 Å². The summed E-state index contributed by atoms with van der Waals surface area (Å²) >= 11 is 0. The molecule has 4 rings (SSSR count). The highest BCUT2D eigenvalue weighted by molar-refractivity contribution is 5.96. The van der Waals surface area contributed by atoms with Crippen LogP contribution >= 0.6 is 0 Å². The number of cyclic esters (lactones) is 1. The molecule has 0 N–H and O–H groups in total. The van der Waals surface area contributed by atoms with Gasteiger partial charge in [-0.1, -0.05) is 0 Å². The number of ether oxygens (including phenoxy) is 2. The van der Waals surface area contributed by atoms with Crippen molar-refractivity contribution in [3.63, 3.8) is 0 Å². The molecule has 1 aromatic rings. The van der Waals surface area contributed by atoms with Crippen LogP contribution in [0.25, 0.3) is 0 Å². The second-order valence-electron chi connectivity index (χ2n) is 6.73. The number of anilines is 1. The molecule has 1 saturated carbocycles. The van der Waals surface area contributed by atoms with Crippen LogP contribution in [0.5, 0.6) is 0 Å². The van der Waals surface area contributed by atoms with E-state index < -0.39 is 0 Å². The minimum Gasteiger partial charge on any atom is -0.447 e. The molecule has 2 saturated heterocycles. The molecule has 24 heavy (non-hydrogen) atoms. The van der Waals surface area contributed by atoms with Crippen LogP contribution < -0.4 is 4.90 Å². The lowest BCUT2D eigenvalue weighted by Gasteiger charge is -2.25. The maximum Gasteiger partial charge on any atom is 0.414 e. The fourth-order valence-corrected chi connectivity index (χ4v) is 3.37. The standard InChI is InChI=1S/C18H22N2O4/c21-17(20(16-5-6-16)11-13-7-9-23-12-13)14-1-3-15(4-2-14)19-8-10-24-18(19)22/h1-4,13,16H,5-12H2. The first-order chi connectivity index (χ1) is 11.7. The molecule has 1 aliphatic carbocycles. The van der Waals surface area contributed by atoms with Crippen LogP contribution in [0.15, 0.2) is 24.3 Å². The SMILES string of the molecule is O=C1OCCN1c1ccc(C(=O)N(CC2CCOC2)C2CC2)cc1. The fourth-order valence-electron chi connectivity index (χ4n) is 3.37. The van der Waals surface area contributed by atoms with Crippen LogP contribution in [-0.2, 0) is 9.47 Å². The maximum atomic E-state index is 12.9. The van der Waals surface area contributed by atoms with Gasteiger partial charge in [0.25, 0.3) is 5.91 Å². The van der Waals surface area contributed by atoms with Gasteiger partial charge in [-0.15, -0.1) is 0 Å². The van der Waals surface area contributed by atoms with Gasteiger partial charge in [-0.25, -0.2) is 4.79 Å². The highest BCUT2D eigenvalue weighted by atomic mass is 16.6. The van der Waals surface area contributed by atoms with Crippen molar-refractivity contribution >= 4 is 17.7 Å². The molecule has 3 fully saturated rings. The van der Waals surface area contributed by atoms with Crippen molar-refractivity contribution < 1.29 is 19.1 Å². The molecule has 2 aliphatic heterocycles. The van der Waals surface area contributed by atoms with Crippen molar-refractivity contribution in [3.8, 4) is 0 Å². The molecule has 6 nitrogen and oxygen atoms in total. The predicted molar refractivity (Wildman–Crippen MR) is 88.1 cm³/mol. The number of hydrogen-bond acceptors (Lipinski definition) is 4. The Bertz CT molecular complexity index is 620. The third-order valence-corrected chi connectivity index (χ3v) is 4.91. The van der Waals surface area contributed by atoms with Gasteiger partial charge in [0.2, 0.25) is 0 Å². The van der Waals surface area contributed by atoms with Crippen molar-refractivity contribution in [2.45, 2.75) is 25.3 Å². The lowest BCUT2D eigenvalue weighted by atomic mass is 10.1. The molecule has 1 atom stereocenters. The van der Waals surface area contributed by atoms with E-state index in [-0.39, 0.29) is 12.0 Å². The average Bonchev–Trinajstić information content (AvgIpc) is 3.14. The molecule has 0 aromatic heterocycles. The first-order valence-corrected chi connectivity index (χ1v) is 8.65. The van der Waals surface area contributed by atoms with Gasteiger partial charge in [-0.2, -0.15) is 0 Å². The Morgan fingerprint density at radius 3 is 2.54 bits per heavy atom. The molecule has 3 aliphatic rings. The summed E-state index contributed by atoms with van der Waals surface area (Å²) in [5.74, 6) is 0.535. The van der Waals surface area contributed by atoms with Gasteiger partial charge >= 0.3 is 6.09 Å². The Labute approximate surface area is 141 Å². The van der Waals surface area contributed by atoms with Crippen LogP contribution in [0, 0.1) is 5.92 Å². The minimum atomic E-state index is -0.324. The molecule has 1 unspecified atom stereocenters. The smallest absolute Gasteiger partial charge is 0.414 e. The van der Waals surface area contributed by atoms with Crippen LogP contribution in [0.4, 0.5) is 10.5 Å². The minimum absolute atomic E-state index is 0.0833. The van der Waals surface area contributed by atoms with E-state index >= 15 is 0 Å². The third-order valence-electron chi connectivity index (χ3n) is 4.91. The van der Waals surface area contributed by atoms with E-state index in [1.54, 1.807) is 4.90 Å². The largest absolute Gasteiger partial charge is 0.447 e. The number of hydrogen-bond donors (Lipinski definition) is 0. The lowest BCUT2D eigenvalue weighted by Crippen LogP contribution is -2.37. The Morgan fingerprint density at radius 1 is 1.17 bits per heavy atom. The van der Waals surface area contributed by atoms with E-state index in [0.717, 1.165) is 44.7 Å². The van der Waals surface area contributed by atoms with Crippen molar-refractivity contribution in [3.05, 3.63) is 29.8 Å². The summed E-state index contributed by atoms with van der Waals surface area (Å²) in [6, 6.07) is 7.65. The number of rotatable bonds is 5. The van der Waals surface area contributed by atoms with Crippen LogP contribution in [0.2, 0.25) is 0 Å². The van der Waals surface area contributed by atoms with E-state index in [2.05, 4.69) is 0 Å². The Balaban J connectivity index is 1.46. The summed E-state index contributed by atoms with van der Waals surface area (Å²) in [7, 11) is 0. The van der Waals surface area contributed by atoms with Crippen molar-refractivity contribution in [1.29, 1.82) is 0 Å². The topological polar surface area (TPSA) is 59.1 Å². The molecule has 2 heterocycles. The van der Waals surface area contributed by atoms with Crippen LogP contribution in [-0.4, -0.2) is 55.9 Å². The van der Waals surface area contributed by atoms with Gasteiger partial charge in [-0.3, -0.25) is 9.69 Å². The van der Waals surface area contributed by atoms with Gasteiger partial charge in [0.05, 0.1) is 13.2 Å².